The first kappa shape index (κ1) is 20.3. The van der Waals surface area contributed by atoms with E-state index in [9.17, 15) is 4.79 Å². The highest BCUT2D eigenvalue weighted by atomic mass is 79.9. The summed E-state index contributed by atoms with van der Waals surface area (Å²) in [6.07, 6.45) is 4.38. The number of benzene rings is 2. The van der Waals surface area contributed by atoms with Gasteiger partial charge >= 0.3 is 0 Å². The Morgan fingerprint density at radius 3 is 2.64 bits per heavy atom. The number of fused-ring (bicyclic) bond motifs is 1. The van der Waals surface area contributed by atoms with Gasteiger partial charge in [0.1, 0.15) is 11.6 Å². The van der Waals surface area contributed by atoms with Crippen LogP contribution in [0.15, 0.2) is 56.8 Å². The summed E-state index contributed by atoms with van der Waals surface area (Å²) in [5.41, 5.74) is 1.41. The van der Waals surface area contributed by atoms with Crippen molar-refractivity contribution >= 4 is 33.0 Å². The smallest absolute Gasteiger partial charge is 0.282 e. The fourth-order valence-corrected chi connectivity index (χ4v) is 3.13. The summed E-state index contributed by atoms with van der Waals surface area (Å²) in [4.78, 5) is 17.6. The lowest BCUT2D eigenvalue weighted by Gasteiger charge is -2.12. The maximum atomic E-state index is 13.0. The summed E-state index contributed by atoms with van der Waals surface area (Å²) in [5.74, 6) is 1.49. The molecule has 146 valence electrons. The molecule has 0 unspecified atom stereocenters. The molecule has 0 radical (unpaired) electrons. The molecule has 3 aromatic rings. The number of rotatable bonds is 7. The van der Waals surface area contributed by atoms with Crippen LogP contribution >= 0.6 is 15.9 Å². The van der Waals surface area contributed by atoms with Crippen LogP contribution in [0.5, 0.6) is 5.75 Å². The standard InChI is InChI=1S/C22H24BrN3O2/c1-4-6-21-25-20-12-9-17(23)13-19(20)22(27)26(21)24-14-16-7-10-18(11-8-16)28-15(3)5-2/h7-15H,4-6H2,1-3H3/t15-/m0/s1. The summed E-state index contributed by atoms with van der Waals surface area (Å²) < 4.78 is 8.04. The Kier molecular flexibility index (Phi) is 6.62. The molecule has 0 aliphatic carbocycles. The Hall–Kier alpha value is -2.47. The highest BCUT2D eigenvalue weighted by molar-refractivity contribution is 9.10. The van der Waals surface area contributed by atoms with Crippen LogP contribution in [0.2, 0.25) is 0 Å². The van der Waals surface area contributed by atoms with Gasteiger partial charge in [-0.25, -0.2) is 4.98 Å². The predicted octanol–water partition coefficient (Wildman–Crippen LogP) is 5.17. The maximum Gasteiger partial charge on any atom is 0.282 e. The van der Waals surface area contributed by atoms with Gasteiger partial charge in [-0.1, -0.05) is 29.8 Å². The van der Waals surface area contributed by atoms with E-state index >= 15 is 0 Å². The van der Waals surface area contributed by atoms with Crippen LogP contribution < -0.4 is 10.3 Å². The van der Waals surface area contributed by atoms with Crippen molar-refractivity contribution in [2.45, 2.75) is 46.1 Å². The van der Waals surface area contributed by atoms with Gasteiger partial charge in [0.15, 0.2) is 0 Å². The van der Waals surface area contributed by atoms with Crippen molar-refractivity contribution in [2.24, 2.45) is 5.10 Å². The molecule has 0 bridgehead atoms. The molecule has 1 atom stereocenters. The summed E-state index contributed by atoms with van der Waals surface area (Å²) >= 11 is 3.42. The van der Waals surface area contributed by atoms with E-state index in [0.29, 0.717) is 23.1 Å². The molecule has 0 aliphatic rings. The molecule has 1 aromatic heterocycles. The van der Waals surface area contributed by atoms with Crippen LogP contribution in [0.3, 0.4) is 0 Å². The summed E-state index contributed by atoms with van der Waals surface area (Å²) in [5, 5.41) is 4.99. The average molecular weight is 442 g/mol. The molecule has 0 saturated carbocycles. The third kappa shape index (κ3) is 4.68. The van der Waals surface area contributed by atoms with Gasteiger partial charge in [-0.2, -0.15) is 9.78 Å². The monoisotopic (exact) mass is 441 g/mol. The van der Waals surface area contributed by atoms with Gasteiger partial charge in [0.05, 0.1) is 23.2 Å². The first-order valence-electron chi connectivity index (χ1n) is 9.54. The minimum atomic E-state index is -0.164. The molecule has 0 amide bonds. The van der Waals surface area contributed by atoms with Gasteiger partial charge in [0.25, 0.3) is 5.56 Å². The lowest BCUT2D eigenvalue weighted by atomic mass is 10.2. The molecule has 2 aromatic carbocycles. The molecular formula is C22H24BrN3O2. The number of aryl methyl sites for hydroxylation is 1. The fraction of sp³-hybridized carbons (Fsp3) is 0.318. The number of nitrogens with zero attached hydrogens (tertiary/aromatic N) is 3. The molecule has 1 heterocycles. The van der Waals surface area contributed by atoms with Crippen molar-refractivity contribution in [3.05, 3.63) is 68.7 Å². The van der Waals surface area contributed by atoms with E-state index in [0.717, 1.165) is 28.6 Å². The molecule has 28 heavy (non-hydrogen) atoms. The normalized spacial score (nSPS) is 12.6. The van der Waals surface area contributed by atoms with Crippen molar-refractivity contribution in [2.75, 3.05) is 0 Å². The number of aromatic nitrogens is 2. The van der Waals surface area contributed by atoms with Gasteiger partial charge in [0, 0.05) is 10.9 Å². The molecular weight excluding hydrogens is 418 g/mol. The minimum absolute atomic E-state index is 0.164. The zero-order valence-corrected chi connectivity index (χ0v) is 17.9. The van der Waals surface area contributed by atoms with Gasteiger partial charge in [-0.05, 0) is 67.8 Å². The molecule has 0 N–H and O–H groups in total. The zero-order chi connectivity index (χ0) is 20.1. The van der Waals surface area contributed by atoms with Gasteiger partial charge in [-0.3, -0.25) is 4.79 Å². The van der Waals surface area contributed by atoms with E-state index in [-0.39, 0.29) is 11.7 Å². The largest absolute Gasteiger partial charge is 0.491 e. The van der Waals surface area contributed by atoms with E-state index in [1.165, 1.54) is 4.68 Å². The van der Waals surface area contributed by atoms with E-state index in [4.69, 9.17) is 4.74 Å². The van der Waals surface area contributed by atoms with Crippen LogP contribution in [0.25, 0.3) is 10.9 Å². The molecule has 0 saturated heterocycles. The Morgan fingerprint density at radius 1 is 1.21 bits per heavy atom. The summed E-state index contributed by atoms with van der Waals surface area (Å²) in [6.45, 7) is 6.19. The van der Waals surface area contributed by atoms with Crippen molar-refractivity contribution in [3.63, 3.8) is 0 Å². The van der Waals surface area contributed by atoms with Crippen LogP contribution in [0.4, 0.5) is 0 Å². The predicted molar refractivity (Wildman–Crippen MR) is 118 cm³/mol. The Balaban J connectivity index is 1.95. The Bertz CT molecular complexity index is 1040. The number of hydrogen-bond donors (Lipinski definition) is 0. The summed E-state index contributed by atoms with van der Waals surface area (Å²) in [6, 6.07) is 13.2. The second-order valence-corrected chi connectivity index (χ2v) is 7.62. The van der Waals surface area contributed by atoms with E-state index in [2.05, 4.69) is 39.9 Å². The number of ether oxygens (including phenoxy) is 1. The third-order valence-corrected chi connectivity index (χ3v) is 4.96. The second kappa shape index (κ2) is 9.15. The molecule has 0 aliphatic heterocycles. The highest BCUT2D eigenvalue weighted by Gasteiger charge is 2.10. The SMILES string of the molecule is CCCc1nc2ccc(Br)cc2c(=O)n1N=Cc1ccc(O[C@@H](C)CC)cc1. The fourth-order valence-electron chi connectivity index (χ4n) is 2.77. The van der Waals surface area contributed by atoms with E-state index in [1.54, 1.807) is 12.3 Å². The van der Waals surface area contributed by atoms with Crippen LogP contribution in [-0.4, -0.2) is 22.0 Å². The zero-order valence-electron chi connectivity index (χ0n) is 16.4. The molecule has 6 heteroatoms. The molecule has 3 rings (SSSR count). The lowest BCUT2D eigenvalue weighted by Crippen LogP contribution is -2.22. The Labute approximate surface area is 173 Å². The quantitative estimate of drug-likeness (QED) is 0.475. The molecule has 0 spiro atoms. The van der Waals surface area contributed by atoms with Crippen LogP contribution in [0.1, 0.15) is 45.0 Å². The summed E-state index contributed by atoms with van der Waals surface area (Å²) in [7, 11) is 0. The van der Waals surface area contributed by atoms with Crippen molar-refractivity contribution in [1.29, 1.82) is 0 Å². The van der Waals surface area contributed by atoms with E-state index in [1.807, 2.05) is 43.3 Å². The van der Waals surface area contributed by atoms with Crippen molar-refractivity contribution in [1.82, 2.24) is 9.66 Å². The van der Waals surface area contributed by atoms with Gasteiger partial charge < -0.3 is 4.74 Å². The molecule has 5 nitrogen and oxygen atoms in total. The maximum absolute atomic E-state index is 13.0. The van der Waals surface area contributed by atoms with E-state index < -0.39 is 0 Å². The minimum Gasteiger partial charge on any atom is -0.491 e. The van der Waals surface area contributed by atoms with Gasteiger partial charge in [0.2, 0.25) is 0 Å². The first-order valence-corrected chi connectivity index (χ1v) is 10.3. The lowest BCUT2D eigenvalue weighted by molar-refractivity contribution is 0.217. The Morgan fingerprint density at radius 2 is 1.96 bits per heavy atom. The molecule has 0 fully saturated rings. The number of hydrogen-bond acceptors (Lipinski definition) is 4. The van der Waals surface area contributed by atoms with Crippen LogP contribution in [0, 0.1) is 0 Å². The van der Waals surface area contributed by atoms with Gasteiger partial charge in [-0.15, -0.1) is 0 Å². The third-order valence-electron chi connectivity index (χ3n) is 4.46. The first-order chi connectivity index (χ1) is 13.5. The average Bonchev–Trinajstić information content (AvgIpc) is 2.69. The van der Waals surface area contributed by atoms with Crippen molar-refractivity contribution in [3.8, 4) is 5.75 Å². The highest BCUT2D eigenvalue weighted by Crippen LogP contribution is 2.17. The second-order valence-electron chi connectivity index (χ2n) is 6.71. The number of halogens is 1. The van der Waals surface area contributed by atoms with Crippen LogP contribution in [-0.2, 0) is 6.42 Å². The van der Waals surface area contributed by atoms with Crippen molar-refractivity contribution < 1.29 is 4.74 Å². The topological polar surface area (TPSA) is 56.5 Å².